The summed E-state index contributed by atoms with van der Waals surface area (Å²) in [5.74, 6) is 0.230. The van der Waals surface area contributed by atoms with E-state index < -0.39 is 0 Å². The summed E-state index contributed by atoms with van der Waals surface area (Å²) in [5.41, 5.74) is 2.71. The van der Waals surface area contributed by atoms with Crippen LogP contribution in [0.2, 0.25) is 6.04 Å². The van der Waals surface area contributed by atoms with E-state index in [1.54, 1.807) is 0 Å². The summed E-state index contributed by atoms with van der Waals surface area (Å²) in [6.07, 6.45) is 4.52. The minimum atomic E-state index is 0.230. The highest BCUT2D eigenvalue weighted by atomic mass is 28.1. The highest BCUT2D eigenvalue weighted by Crippen LogP contribution is 2.35. The molecule has 4 aromatic rings. The topological polar surface area (TPSA) is 0 Å². The number of rotatable bonds is 4. The lowest BCUT2D eigenvalue weighted by atomic mass is 9.85. The Morgan fingerprint density at radius 1 is 0.640 bits per heavy atom. The molecule has 1 heteroatoms. The first-order valence-corrected chi connectivity index (χ1v) is 9.36. The molecule has 0 atom stereocenters. The molecule has 0 saturated heterocycles. The van der Waals surface area contributed by atoms with E-state index in [0.29, 0.717) is 0 Å². The zero-order chi connectivity index (χ0) is 17.1. The first-order valence-electron chi connectivity index (χ1n) is 8.65. The average Bonchev–Trinajstić information content (AvgIpc) is 2.68. The molecular formula is C24H19Si. The van der Waals surface area contributed by atoms with Gasteiger partial charge in [0.1, 0.15) is 0 Å². The Morgan fingerprint density at radius 3 is 1.64 bits per heavy atom. The zero-order valence-corrected chi connectivity index (χ0v) is 15.0. The lowest BCUT2D eigenvalue weighted by Gasteiger charge is -2.19. The molecular weight excluding hydrogens is 316 g/mol. The van der Waals surface area contributed by atoms with Crippen molar-refractivity contribution in [3.8, 4) is 0 Å². The third-order valence-electron chi connectivity index (χ3n) is 4.76. The molecule has 119 valence electrons. The molecule has 0 saturated carbocycles. The minimum Gasteiger partial charge on any atom is -0.0910 e. The van der Waals surface area contributed by atoms with E-state index in [1.165, 1.54) is 32.7 Å². The van der Waals surface area contributed by atoms with Crippen molar-refractivity contribution in [2.24, 2.45) is 0 Å². The molecule has 0 amide bonds. The molecule has 0 nitrogen and oxygen atoms in total. The van der Waals surface area contributed by atoms with Crippen molar-refractivity contribution in [2.75, 3.05) is 0 Å². The van der Waals surface area contributed by atoms with Crippen LogP contribution >= 0.6 is 0 Å². The summed E-state index contributed by atoms with van der Waals surface area (Å²) in [4.78, 5) is 0. The Morgan fingerprint density at radius 2 is 1.12 bits per heavy atom. The molecule has 3 radical (unpaired) electrons. The molecule has 4 aromatic carbocycles. The summed E-state index contributed by atoms with van der Waals surface area (Å²) in [6.45, 7) is 0. The van der Waals surface area contributed by atoms with E-state index in [1.807, 2.05) is 0 Å². The van der Waals surface area contributed by atoms with E-state index in [9.17, 15) is 0 Å². The van der Waals surface area contributed by atoms with E-state index in [-0.39, 0.29) is 5.92 Å². The van der Waals surface area contributed by atoms with Gasteiger partial charge in [0.2, 0.25) is 0 Å². The first kappa shape index (κ1) is 15.9. The third kappa shape index (κ3) is 3.03. The molecule has 0 aromatic heterocycles. The van der Waals surface area contributed by atoms with Crippen molar-refractivity contribution >= 4 is 31.8 Å². The minimum absolute atomic E-state index is 0.230. The maximum atomic E-state index is 3.59. The fraction of sp³-hybridized carbons (Fsp3) is 0.0833. The van der Waals surface area contributed by atoms with Crippen molar-refractivity contribution in [1.29, 1.82) is 0 Å². The molecule has 0 aliphatic heterocycles. The largest absolute Gasteiger partial charge is 0.0910 e. The number of fused-ring (bicyclic) bond motifs is 2. The number of hydrogen-bond donors (Lipinski definition) is 0. The van der Waals surface area contributed by atoms with Crippen molar-refractivity contribution in [3.05, 3.63) is 108 Å². The Bertz CT molecular complexity index is 956. The van der Waals surface area contributed by atoms with Gasteiger partial charge in [-0.25, -0.2) is 0 Å². The first-order chi connectivity index (χ1) is 12.4. The summed E-state index contributed by atoms with van der Waals surface area (Å²) < 4.78 is 0. The van der Waals surface area contributed by atoms with Crippen LogP contribution in [0.5, 0.6) is 0 Å². The monoisotopic (exact) mass is 335 g/mol. The number of hydrogen-bond acceptors (Lipinski definition) is 0. The van der Waals surface area contributed by atoms with Crippen LogP contribution < -0.4 is 0 Å². The van der Waals surface area contributed by atoms with Crippen LogP contribution in [0.25, 0.3) is 21.5 Å². The normalized spacial score (nSPS) is 11.8. The summed E-state index contributed by atoms with van der Waals surface area (Å²) in [7, 11) is 3.59. The SMILES string of the molecule is [Si]CC=CC(c1cccc2ccccc12)c1cccc2ccccc12. The van der Waals surface area contributed by atoms with Crippen molar-refractivity contribution < 1.29 is 0 Å². The summed E-state index contributed by atoms with van der Waals surface area (Å²) in [5, 5.41) is 5.22. The lowest BCUT2D eigenvalue weighted by molar-refractivity contribution is 1.05. The quantitative estimate of drug-likeness (QED) is 0.305. The van der Waals surface area contributed by atoms with Crippen LogP contribution in [0.15, 0.2) is 97.1 Å². The van der Waals surface area contributed by atoms with Gasteiger partial charge in [0, 0.05) is 16.2 Å². The second-order valence-electron chi connectivity index (χ2n) is 6.25. The number of benzene rings is 4. The van der Waals surface area contributed by atoms with Gasteiger partial charge in [0.05, 0.1) is 0 Å². The van der Waals surface area contributed by atoms with Crippen LogP contribution in [0.4, 0.5) is 0 Å². The Hall–Kier alpha value is -2.64. The van der Waals surface area contributed by atoms with Gasteiger partial charge in [0.15, 0.2) is 0 Å². The zero-order valence-electron chi connectivity index (χ0n) is 14.0. The van der Waals surface area contributed by atoms with Crippen LogP contribution in [0, 0.1) is 0 Å². The Labute approximate surface area is 152 Å². The molecule has 0 N–H and O–H groups in total. The lowest BCUT2D eigenvalue weighted by Crippen LogP contribution is -2.00. The highest BCUT2D eigenvalue weighted by Gasteiger charge is 2.16. The maximum Gasteiger partial charge on any atom is 0.0281 e. The van der Waals surface area contributed by atoms with Gasteiger partial charge in [0.25, 0.3) is 0 Å². The molecule has 0 fully saturated rings. The summed E-state index contributed by atoms with van der Waals surface area (Å²) in [6, 6.07) is 31.4. The molecule has 0 bridgehead atoms. The smallest absolute Gasteiger partial charge is 0.0281 e. The van der Waals surface area contributed by atoms with Gasteiger partial charge >= 0.3 is 0 Å². The molecule has 0 heterocycles. The summed E-state index contributed by atoms with van der Waals surface area (Å²) >= 11 is 0. The van der Waals surface area contributed by atoms with Crippen LogP contribution in [0.3, 0.4) is 0 Å². The van der Waals surface area contributed by atoms with Gasteiger partial charge in [-0.3, -0.25) is 0 Å². The molecule has 0 unspecified atom stereocenters. The molecule has 0 aliphatic carbocycles. The fourth-order valence-corrected chi connectivity index (χ4v) is 3.76. The van der Waals surface area contributed by atoms with Crippen molar-refractivity contribution in [1.82, 2.24) is 0 Å². The molecule has 0 aliphatic rings. The van der Waals surface area contributed by atoms with E-state index >= 15 is 0 Å². The third-order valence-corrected chi connectivity index (χ3v) is 5.00. The van der Waals surface area contributed by atoms with Gasteiger partial charge in [-0.15, -0.1) is 0 Å². The Balaban J connectivity index is 1.99. The van der Waals surface area contributed by atoms with Gasteiger partial charge in [-0.1, -0.05) is 97.1 Å². The standard InChI is InChI=1S/C24H19Si/c25-17-7-16-24(22-14-5-10-18-8-1-3-12-20(18)22)23-15-6-11-19-9-2-4-13-21(19)23/h1-16,24H,17H2. The van der Waals surface area contributed by atoms with Crippen LogP contribution in [-0.4, -0.2) is 10.2 Å². The Kier molecular flexibility index (Phi) is 4.49. The van der Waals surface area contributed by atoms with Crippen LogP contribution in [0.1, 0.15) is 17.0 Å². The highest BCUT2D eigenvalue weighted by molar-refractivity contribution is 6.09. The number of allylic oxidation sites excluding steroid dienone is 2. The average molecular weight is 336 g/mol. The second-order valence-corrected chi connectivity index (χ2v) is 6.65. The maximum absolute atomic E-state index is 3.59. The van der Waals surface area contributed by atoms with Crippen LogP contribution in [-0.2, 0) is 0 Å². The van der Waals surface area contributed by atoms with E-state index in [2.05, 4.69) is 107 Å². The van der Waals surface area contributed by atoms with E-state index in [0.717, 1.165) is 6.04 Å². The van der Waals surface area contributed by atoms with Gasteiger partial charge < -0.3 is 0 Å². The van der Waals surface area contributed by atoms with Gasteiger partial charge in [-0.05, 0) is 38.7 Å². The molecule has 25 heavy (non-hydrogen) atoms. The second kappa shape index (κ2) is 7.08. The van der Waals surface area contributed by atoms with Gasteiger partial charge in [-0.2, -0.15) is 0 Å². The predicted molar refractivity (Wildman–Crippen MR) is 109 cm³/mol. The molecule has 4 rings (SSSR count). The van der Waals surface area contributed by atoms with E-state index in [4.69, 9.17) is 0 Å². The molecule has 0 spiro atoms. The van der Waals surface area contributed by atoms with Crippen molar-refractivity contribution in [3.63, 3.8) is 0 Å². The fourth-order valence-electron chi connectivity index (χ4n) is 3.62. The predicted octanol–water partition coefficient (Wildman–Crippen LogP) is 6.27. The van der Waals surface area contributed by atoms with Crippen molar-refractivity contribution in [2.45, 2.75) is 12.0 Å².